The van der Waals surface area contributed by atoms with Crippen molar-refractivity contribution in [1.29, 1.82) is 0 Å². The SMILES string of the molecule is CC(C)C(=O)C(C)(C)C(c1ccccc1)N(C)C. The van der Waals surface area contributed by atoms with Gasteiger partial charge in [-0.05, 0) is 19.7 Å². The molecule has 0 saturated carbocycles. The van der Waals surface area contributed by atoms with Gasteiger partial charge >= 0.3 is 0 Å². The summed E-state index contributed by atoms with van der Waals surface area (Å²) in [5.74, 6) is 0.371. The van der Waals surface area contributed by atoms with Crippen molar-refractivity contribution < 1.29 is 4.79 Å². The fraction of sp³-hybridized carbons (Fsp3) is 0.562. The first-order valence-corrected chi connectivity index (χ1v) is 6.54. The Bertz CT molecular complexity index is 393. The highest BCUT2D eigenvalue weighted by Crippen LogP contribution is 2.39. The van der Waals surface area contributed by atoms with E-state index in [-0.39, 0.29) is 17.4 Å². The lowest BCUT2D eigenvalue weighted by molar-refractivity contribution is -0.133. The molecule has 18 heavy (non-hydrogen) atoms. The van der Waals surface area contributed by atoms with Crippen molar-refractivity contribution >= 4 is 5.78 Å². The van der Waals surface area contributed by atoms with Crippen molar-refractivity contribution in [2.75, 3.05) is 14.1 Å². The van der Waals surface area contributed by atoms with Gasteiger partial charge in [0, 0.05) is 17.4 Å². The van der Waals surface area contributed by atoms with Gasteiger partial charge in [0.25, 0.3) is 0 Å². The first kappa shape index (κ1) is 14.9. The van der Waals surface area contributed by atoms with E-state index in [4.69, 9.17) is 0 Å². The number of benzene rings is 1. The lowest BCUT2D eigenvalue weighted by Crippen LogP contribution is -2.41. The molecule has 0 aliphatic rings. The number of hydrogen-bond donors (Lipinski definition) is 0. The van der Waals surface area contributed by atoms with E-state index in [1.54, 1.807) is 0 Å². The summed E-state index contributed by atoms with van der Waals surface area (Å²) in [6, 6.07) is 10.4. The molecule has 0 N–H and O–H groups in total. The van der Waals surface area contributed by atoms with Crippen LogP contribution in [-0.4, -0.2) is 24.8 Å². The van der Waals surface area contributed by atoms with E-state index in [2.05, 4.69) is 17.0 Å². The zero-order valence-corrected chi connectivity index (χ0v) is 12.4. The van der Waals surface area contributed by atoms with Gasteiger partial charge in [-0.15, -0.1) is 0 Å². The van der Waals surface area contributed by atoms with Crippen molar-refractivity contribution in [2.24, 2.45) is 11.3 Å². The molecule has 0 fully saturated rings. The smallest absolute Gasteiger partial charge is 0.142 e. The molecule has 1 aromatic rings. The van der Waals surface area contributed by atoms with Crippen LogP contribution in [0.5, 0.6) is 0 Å². The Balaban J connectivity index is 3.18. The summed E-state index contributed by atoms with van der Waals surface area (Å²) < 4.78 is 0. The highest BCUT2D eigenvalue weighted by Gasteiger charge is 2.39. The maximum atomic E-state index is 12.5. The molecule has 1 rings (SSSR count). The minimum Gasteiger partial charge on any atom is -0.301 e. The molecule has 1 unspecified atom stereocenters. The van der Waals surface area contributed by atoms with Gasteiger partial charge in [-0.2, -0.15) is 0 Å². The fourth-order valence-corrected chi connectivity index (χ4v) is 2.87. The summed E-state index contributed by atoms with van der Waals surface area (Å²) in [6.45, 7) is 8.05. The van der Waals surface area contributed by atoms with E-state index in [0.29, 0.717) is 5.78 Å². The fourth-order valence-electron chi connectivity index (χ4n) is 2.87. The van der Waals surface area contributed by atoms with Crippen LogP contribution < -0.4 is 0 Å². The number of rotatable bonds is 5. The molecule has 0 amide bonds. The molecule has 0 aliphatic heterocycles. The average Bonchev–Trinajstić information content (AvgIpc) is 2.28. The molecule has 0 aromatic heterocycles. The number of ketones is 1. The largest absolute Gasteiger partial charge is 0.301 e. The van der Waals surface area contributed by atoms with E-state index in [9.17, 15) is 4.79 Å². The van der Waals surface area contributed by atoms with Gasteiger partial charge in [0.15, 0.2) is 0 Å². The Morgan fingerprint density at radius 2 is 1.61 bits per heavy atom. The Morgan fingerprint density at radius 3 is 2.00 bits per heavy atom. The van der Waals surface area contributed by atoms with E-state index < -0.39 is 0 Å². The normalized spacial score (nSPS) is 14.0. The Hall–Kier alpha value is -1.15. The second-order valence-corrected chi connectivity index (χ2v) is 6.02. The van der Waals surface area contributed by atoms with Crippen molar-refractivity contribution in [3.63, 3.8) is 0 Å². The van der Waals surface area contributed by atoms with Crippen LogP contribution in [-0.2, 0) is 4.79 Å². The summed E-state index contributed by atoms with van der Waals surface area (Å²) in [4.78, 5) is 14.6. The number of carbonyl (C=O) groups is 1. The Labute approximate surface area is 111 Å². The van der Waals surface area contributed by atoms with Gasteiger partial charge in [0.05, 0.1) is 0 Å². The van der Waals surface area contributed by atoms with Crippen LogP contribution >= 0.6 is 0 Å². The highest BCUT2D eigenvalue weighted by molar-refractivity contribution is 5.86. The minimum atomic E-state index is -0.390. The summed E-state index contributed by atoms with van der Waals surface area (Å²) in [5.41, 5.74) is 0.806. The summed E-state index contributed by atoms with van der Waals surface area (Å²) in [7, 11) is 4.07. The minimum absolute atomic E-state index is 0.0613. The van der Waals surface area contributed by atoms with Crippen molar-refractivity contribution in [2.45, 2.75) is 33.7 Å². The molecule has 0 saturated heterocycles. The maximum Gasteiger partial charge on any atom is 0.142 e. The predicted octanol–water partition coefficient (Wildman–Crippen LogP) is 3.54. The monoisotopic (exact) mass is 247 g/mol. The third-order valence-electron chi connectivity index (χ3n) is 3.47. The molecule has 100 valence electrons. The lowest BCUT2D eigenvalue weighted by Gasteiger charge is -2.39. The first-order valence-electron chi connectivity index (χ1n) is 6.54. The van der Waals surface area contributed by atoms with Crippen molar-refractivity contribution in [3.8, 4) is 0 Å². The van der Waals surface area contributed by atoms with Crippen molar-refractivity contribution in [3.05, 3.63) is 35.9 Å². The topological polar surface area (TPSA) is 20.3 Å². The van der Waals surface area contributed by atoms with E-state index >= 15 is 0 Å². The van der Waals surface area contributed by atoms with Crippen molar-refractivity contribution in [1.82, 2.24) is 4.90 Å². The van der Waals surface area contributed by atoms with Gasteiger partial charge in [0.1, 0.15) is 5.78 Å². The second-order valence-electron chi connectivity index (χ2n) is 6.02. The van der Waals surface area contributed by atoms with Crippen LogP contribution in [0.15, 0.2) is 30.3 Å². The van der Waals surface area contributed by atoms with Crippen LogP contribution in [0.1, 0.15) is 39.3 Å². The van der Waals surface area contributed by atoms with E-state index in [1.807, 2.05) is 60.0 Å². The highest BCUT2D eigenvalue weighted by atomic mass is 16.1. The zero-order valence-electron chi connectivity index (χ0n) is 12.4. The molecule has 0 radical (unpaired) electrons. The molecule has 0 aliphatic carbocycles. The molecule has 1 atom stereocenters. The zero-order chi connectivity index (χ0) is 13.9. The quantitative estimate of drug-likeness (QED) is 0.793. The second kappa shape index (κ2) is 5.66. The van der Waals surface area contributed by atoms with Gasteiger partial charge in [-0.25, -0.2) is 0 Å². The maximum absolute atomic E-state index is 12.5. The number of Topliss-reactive ketones (excluding diaryl/α,β-unsaturated/α-hetero) is 1. The molecule has 1 aromatic carbocycles. The molecule has 2 nitrogen and oxygen atoms in total. The van der Waals surface area contributed by atoms with Gasteiger partial charge in [0.2, 0.25) is 0 Å². The molecular formula is C16H25NO. The standard InChI is InChI=1S/C16H25NO/c1-12(2)15(18)16(3,4)14(17(5)6)13-10-8-7-9-11-13/h7-12,14H,1-6H3. The van der Waals surface area contributed by atoms with Crippen LogP contribution in [0.25, 0.3) is 0 Å². The average molecular weight is 247 g/mol. The van der Waals surface area contributed by atoms with Gasteiger partial charge in [-0.3, -0.25) is 4.79 Å². The lowest BCUT2D eigenvalue weighted by atomic mass is 9.73. The van der Waals surface area contributed by atoms with Gasteiger partial charge in [-0.1, -0.05) is 58.0 Å². The predicted molar refractivity (Wildman–Crippen MR) is 76.5 cm³/mol. The number of nitrogens with zero attached hydrogens (tertiary/aromatic N) is 1. The Morgan fingerprint density at radius 1 is 1.11 bits per heavy atom. The Kier molecular flexibility index (Phi) is 4.69. The molecule has 0 spiro atoms. The van der Waals surface area contributed by atoms with Crippen LogP contribution in [0.4, 0.5) is 0 Å². The number of carbonyl (C=O) groups excluding carboxylic acids is 1. The van der Waals surface area contributed by atoms with Gasteiger partial charge < -0.3 is 4.90 Å². The van der Waals surface area contributed by atoms with Crippen LogP contribution in [0.3, 0.4) is 0 Å². The third kappa shape index (κ3) is 2.99. The first-order chi connectivity index (χ1) is 8.28. The van der Waals surface area contributed by atoms with Crippen LogP contribution in [0, 0.1) is 11.3 Å². The van der Waals surface area contributed by atoms with E-state index in [1.165, 1.54) is 5.56 Å². The molecule has 2 heteroatoms. The molecule has 0 bridgehead atoms. The molecule has 0 heterocycles. The van der Waals surface area contributed by atoms with Crippen LogP contribution in [0.2, 0.25) is 0 Å². The molecular weight excluding hydrogens is 222 g/mol. The summed E-state index contributed by atoms with van der Waals surface area (Å²) >= 11 is 0. The van der Waals surface area contributed by atoms with E-state index in [0.717, 1.165) is 0 Å². The number of hydrogen-bond acceptors (Lipinski definition) is 2. The third-order valence-corrected chi connectivity index (χ3v) is 3.47. The summed E-state index contributed by atoms with van der Waals surface area (Å²) in [5, 5.41) is 0. The summed E-state index contributed by atoms with van der Waals surface area (Å²) in [6.07, 6.45) is 0.